The maximum atomic E-state index is 12.6. The molecule has 0 aliphatic carbocycles. The van der Waals surface area contributed by atoms with Crippen molar-refractivity contribution in [1.82, 2.24) is 20.1 Å². The van der Waals surface area contributed by atoms with Crippen LogP contribution in [-0.2, 0) is 17.8 Å². The zero-order chi connectivity index (χ0) is 16.9. The van der Waals surface area contributed by atoms with Gasteiger partial charge in [-0.3, -0.25) is 9.89 Å². The van der Waals surface area contributed by atoms with Crippen molar-refractivity contribution in [2.45, 2.75) is 31.2 Å². The second-order valence-corrected chi connectivity index (χ2v) is 5.59. The van der Waals surface area contributed by atoms with Gasteiger partial charge < -0.3 is 9.32 Å². The molecule has 0 aliphatic heterocycles. The highest BCUT2D eigenvalue weighted by atomic mass is 32.2. The van der Waals surface area contributed by atoms with Gasteiger partial charge in [-0.2, -0.15) is 13.2 Å². The quantitative estimate of drug-likeness (QED) is 0.779. The third kappa shape index (κ3) is 5.62. The highest BCUT2D eigenvalue weighted by molar-refractivity contribution is 7.99. The molecule has 2 aromatic heterocycles. The summed E-state index contributed by atoms with van der Waals surface area (Å²) < 4.78 is 42.9. The molecule has 1 amide bonds. The number of aryl methyl sites for hydroxylation is 1. The van der Waals surface area contributed by atoms with E-state index in [0.29, 0.717) is 28.1 Å². The second kappa shape index (κ2) is 7.53. The van der Waals surface area contributed by atoms with Crippen LogP contribution in [0.1, 0.15) is 18.5 Å². The molecule has 0 saturated carbocycles. The van der Waals surface area contributed by atoms with Crippen LogP contribution in [0.2, 0.25) is 0 Å². The molecule has 0 atom stereocenters. The molecule has 1 N–H and O–H groups in total. The normalized spacial score (nSPS) is 11.7. The van der Waals surface area contributed by atoms with Crippen LogP contribution in [0.4, 0.5) is 13.2 Å². The lowest BCUT2D eigenvalue weighted by Gasteiger charge is -2.22. The van der Waals surface area contributed by atoms with Crippen molar-refractivity contribution >= 4 is 17.7 Å². The van der Waals surface area contributed by atoms with Crippen LogP contribution in [0.3, 0.4) is 0 Å². The fourth-order valence-corrected chi connectivity index (χ4v) is 2.48. The molecule has 10 heteroatoms. The molecule has 6 nitrogen and oxygen atoms in total. The molecule has 2 rings (SSSR count). The third-order valence-electron chi connectivity index (χ3n) is 2.82. The minimum absolute atomic E-state index is 0.183. The van der Waals surface area contributed by atoms with E-state index in [2.05, 4.69) is 15.2 Å². The average Bonchev–Trinajstić information content (AvgIpc) is 3.13. The molecule has 126 valence electrons. The van der Waals surface area contributed by atoms with Crippen molar-refractivity contribution in [2.75, 3.05) is 12.3 Å². The summed E-state index contributed by atoms with van der Waals surface area (Å²) in [5.41, 5.74) is 0. The first kappa shape index (κ1) is 17.4. The Morgan fingerprint density at radius 3 is 2.83 bits per heavy atom. The Morgan fingerprint density at radius 1 is 1.48 bits per heavy atom. The van der Waals surface area contributed by atoms with Crippen LogP contribution in [0, 0.1) is 0 Å². The number of rotatable bonds is 7. The summed E-state index contributed by atoms with van der Waals surface area (Å²) in [5, 5.41) is 6.90. The number of aromatic nitrogens is 3. The Balaban J connectivity index is 1.97. The number of H-pyrrole nitrogens is 1. The Labute approximate surface area is 134 Å². The van der Waals surface area contributed by atoms with E-state index >= 15 is 0 Å². The van der Waals surface area contributed by atoms with Crippen LogP contribution in [0.15, 0.2) is 28.0 Å². The minimum atomic E-state index is -4.48. The molecule has 0 fully saturated rings. The summed E-state index contributed by atoms with van der Waals surface area (Å²) >= 11 is 0.989. The summed E-state index contributed by atoms with van der Waals surface area (Å²) in [6, 6.07) is 3.08. The molecule has 0 bridgehead atoms. The molecular formula is C13H15F3N4O2S. The van der Waals surface area contributed by atoms with Crippen molar-refractivity contribution in [3.8, 4) is 0 Å². The predicted molar refractivity (Wildman–Crippen MR) is 76.7 cm³/mol. The average molecular weight is 348 g/mol. The van der Waals surface area contributed by atoms with E-state index in [0.717, 1.165) is 11.8 Å². The number of nitrogens with one attached hydrogen (secondary N) is 1. The fraction of sp³-hybridized carbons (Fsp3) is 0.462. The molecular weight excluding hydrogens is 333 g/mol. The lowest BCUT2D eigenvalue weighted by atomic mass is 10.3. The summed E-state index contributed by atoms with van der Waals surface area (Å²) in [6.07, 6.45) is -2.48. The molecule has 2 aromatic rings. The van der Waals surface area contributed by atoms with E-state index in [-0.39, 0.29) is 12.3 Å². The maximum Gasteiger partial charge on any atom is 0.406 e. The second-order valence-electron chi connectivity index (χ2n) is 4.65. The van der Waals surface area contributed by atoms with Gasteiger partial charge in [0.1, 0.15) is 18.1 Å². The van der Waals surface area contributed by atoms with Crippen LogP contribution in [-0.4, -0.2) is 44.5 Å². The number of amides is 1. The van der Waals surface area contributed by atoms with Gasteiger partial charge in [-0.25, -0.2) is 4.98 Å². The molecule has 23 heavy (non-hydrogen) atoms. The summed E-state index contributed by atoms with van der Waals surface area (Å²) in [4.78, 5) is 16.9. The van der Waals surface area contributed by atoms with Gasteiger partial charge in [0.25, 0.3) is 0 Å². The number of carbonyl (C=O) groups excluding carboxylic acids is 1. The molecule has 2 heterocycles. The van der Waals surface area contributed by atoms with E-state index in [9.17, 15) is 18.0 Å². The first-order valence-electron chi connectivity index (χ1n) is 6.78. The Hall–Kier alpha value is -1.97. The standard InChI is InChI=1S/C13H15F3N4O2S/c1-2-10-17-12(19-18-10)23-7-11(21)20(8-13(14,15)16)6-9-4-3-5-22-9/h3-5H,2,6-8H2,1H3,(H,17,18,19). The molecule has 0 aliphatic rings. The van der Waals surface area contributed by atoms with Gasteiger partial charge in [0.05, 0.1) is 18.6 Å². The van der Waals surface area contributed by atoms with Gasteiger partial charge in [-0.1, -0.05) is 18.7 Å². The first-order valence-corrected chi connectivity index (χ1v) is 7.77. The first-order chi connectivity index (χ1) is 10.9. The van der Waals surface area contributed by atoms with E-state index in [1.54, 1.807) is 6.07 Å². The van der Waals surface area contributed by atoms with Crippen LogP contribution < -0.4 is 0 Å². The molecule has 0 unspecified atom stereocenters. The largest absolute Gasteiger partial charge is 0.467 e. The number of hydrogen-bond acceptors (Lipinski definition) is 5. The molecule has 0 aromatic carbocycles. The van der Waals surface area contributed by atoms with Gasteiger partial charge in [0.15, 0.2) is 0 Å². The van der Waals surface area contributed by atoms with Crippen LogP contribution >= 0.6 is 11.8 Å². The summed E-state index contributed by atoms with van der Waals surface area (Å²) in [6.45, 7) is 0.315. The van der Waals surface area contributed by atoms with E-state index < -0.39 is 18.6 Å². The number of furan rings is 1. The highest BCUT2D eigenvalue weighted by Crippen LogP contribution is 2.20. The smallest absolute Gasteiger partial charge is 0.406 e. The van der Waals surface area contributed by atoms with Crippen molar-refractivity contribution in [3.05, 3.63) is 30.0 Å². The van der Waals surface area contributed by atoms with Crippen LogP contribution in [0.25, 0.3) is 0 Å². The van der Waals surface area contributed by atoms with Crippen molar-refractivity contribution in [2.24, 2.45) is 0 Å². The number of thioether (sulfide) groups is 1. The monoisotopic (exact) mass is 348 g/mol. The number of alkyl halides is 3. The predicted octanol–water partition coefficient (Wildman–Crippen LogP) is 2.64. The molecule has 0 radical (unpaired) electrons. The van der Waals surface area contributed by atoms with E-state index in [1.165, 1.54) is 12.3 Å². The van der Waals surface area contributed by atoms with Gasteiger partial charge in [-0.15, -0.1) is 5.10 Å². The van der Waals surface area contributed by atoms with Gasteiger partial charge in [0.2, 0.25) is 11.1 Å². The molecule has 0 saturated heterocycles. The summed E-state index contributed by atoms with van der Waals surface area (Å²) in [5.74, 6) is 0.102. The number of nitrogens with zero attached hydrogens (tertiary/aromatic N) is 3. The van der Waals surface area contributed by atoms with E-state index in [1.807, 2.05) is 6.92 Å². The van der Waals surface area contributed by atoms with Crippen molar-refractivity contribution in [1.29, 1.82) is 0 Å². The topological polar surface area (TPSA) is 75.0 Å². The Kier molecular flexibility index (Phi) is 5.69. The lowest BCUT2D eigenvalue weighted by molar-refractivity contribution is -0.161. The van der Waals surface area contributed by atoms with Gasteiger partial charge in [-0.05, 0) is 12.1 Å². The molecule has 0 spiro atoms. The Morgan fingerprint density at radius 2 is 2.26 bits per heavy atom. The number of aromatic amines is 1. The minimum Gasteiger partial charge on any atom is -0.467 e. The van der Waals surface area contributed by atoms with Gasteiger partial charge in [0, 0.05) is 6.42 Å². The highest BCUT2D eigenvalue weighted by Gasteiger charge is 2.33. The SMILES string of the molecule is CCc1nc(SCC(=O)N(Cc2ccco2)CC(F)(F)F)n[nH]1. The zero-order valence-electron chi connectivity index (χ0n) is 12.3. The number of halogens is 3. The van der Waals surface area contributed by atoms with E-state index in [4.69, 9.17) is 4.42 Å². The maximum absolute atomic E-state index is 12.6. The summed E-state index contributed by atoms with van der Waals surface area (Å²) in [7, 11) is 0. The van der Waals surface area contributed by atoms with Crippen molar-refractivity contribution in [3.63, 3.8) is 0 Å². The Bertz CT molecular complexity index is 627. The number of hydrogen-bond donors (Lipinski definition) is 1. The fourth-order valence-electron chi connectivity index (χ4n) is 1.76. The van der Waals surface area contributed by atoms with Crippen molar-refractivity contribution < 1.29 is 22.4 Å². The zero-order valence-corrected chi connectivity index (χ0v) is 13.1. The third-order valence-corrected chi connectivity index (χ3v) is 3.65. The number of carbonyl (C=O) groups is 1. The van der Waals surface area contributed by atoms with Crippen LogP contribution in [0.5, 0.6) is 0 Å². The lowest BCUT2D eigenvalue weighted by Crippen LogP contribution is -2.39. The van der Waals surface area contributed by atoms with Gasteiger partial charge >= 0.3 is 6.18 Å².